The molecule has 0 saturated carbocycles. The second-order valence-electron chi connectivity index (χ2n) is 3.00. The molecule has 0 spiro atoms. The van der Waals surface area contributed by atoms with E-state index in [0.717, 1.165) is 5.56 Å². The third-order valence-electron chi connectivity index (χ3n) is 1.90. The zero-order chi connectivity index (χ0) is 12.7. The third-order valence-corrected chi connectivity index (χ3v) is 2.46. The molecule has 0 atom stereocenters. The minimum atomic E-state index is -0.372. The summed E-state index contributed by atoms with van der Waals surface area (Å²) < 4.78 is 4.79. The Morgan fingerprint density at radius 1 is 1.65 bits per heavy atom. The van der Waals surface area contributed by atoms with Gasteiger partial charge in [-0.15, -0.1) is 0 Å². The minimum Gasteiger partial charge on any atom is -0.463 e. The first-order chi connectivity index (χ1) is 8.21. The summed E-state index contributed by atoms with van der Waals surface area (Å²) in [6.45, 7) is 2.13. The average Bonchev–Trinajstić information content (AvgIpc) is 2.36. The molecule has 1 N–H and O–H groups in total. The van der Waals surface area contributed by atoms with Crippen LogP contribution in [0.4, 0.5) is 5.82 Å². The van der Waals surface area contributed by atoms with E-state index in [1.54, 1.807) is 26.2 Å². The number of nitrogens with one attached hydrogen (secondary N) is 1. The Bertz CT molecular complexity index is 421. The molecule has 1 aromatic heterocycles. The fourth-order valence-corrected chi connectivity index (χ4v) is 1.48. The topological polar surface area (TPSA) is 64.1 Å². The first-order valence-corrected chi connectivity index (χ1v) is 6.37. The van der Waals surface area contributed by atoms with E-state index in [0.29, 0.717) is 17.6 Å². The highest BCUT2D eigenvalue weighted by atomic mass is 32.2. The van der Waals surface area contributed by atoms with Crippen LogP contribution in [-0.4, -0.2) is 35.8 Å². The van der Waals surface area contributed by atoms with E-state index >= 15 is 0 Å². The molecule has 0 radical (unpaired) electrons. The second-order valence-corrected chi connectivity index (χ2v) is 3.77. The van der Waals surface area contributed by atoms with Crippen LogP contribution in [0.15, 0.2) is 17.4 Å². The summed E-state index contributed by atoms with van der Waals surface area (Å²) in [4.78, 5) is 19.6. The van der Waals surface area contributed by atoms with Crippen LogP contribution in [-0.2, 0) is 9.53 Å². The van der Waals surface area contributed by atoms with Crippen molar-refractivity contribution in [2.45, 2.75) is 12.1 Å². The highest BCUT2D eigenvalue weighted by Gasteiger charge is 2.03. The van der Waals surface area contributed by atoms with Crippen LogP contribution < -0.4 is 5.32 Å². The monoisotopic (exact) mass is 253 g/mol. The lowest BCUT2D eigenvalue weighted by Gasteiger charge is -2.04. The van der Waals surface area contributed by atoms with Crippen molar-refractivity contribution in [2.75, 3.05) is 25.2 Å². The number of thioether (sulfide) groups is 1. The summed E-state index contributed by atoms with van der Waals surface area (Å²) in [6.07, 6.45) is 6.57. The molecule has 0 fully saturated rings. The molecule has 1 aromatic rings. The van der Waals surface area contributed by atoms with Gasteiger partial charge in [-0.3, -0.25) is 0 Å². The van der Waals surface area contributed by atoms with Crippen molar-refractivity contribution in [1.29, 1.82) is 0 Å². The molecule has 0 aromatic carbocycles. The Hall–Kier alpha value is -1.56. The summed E-state index contributed by atoms with van der Waals surface area (Å²) in [5.41, 5.74) is 0.748. The van der Waals surface area contributed by atoms with E-state index in [1.165, 1.54) is 17.8 Å². The summed E-state index contributed by atoms with van der Waals surface area (Å²) in [5, 5.41) is 3.64. The van der Waals surface area contributed by atoms with E-state index in [-0.39, 0.29) is 5.97 Å². The van der Waals surface area contributed by atoms with Gasteiger partial charge in [0.1, 0.15) is 5.82 Å². The van der Waals surface area contributed by atoms with Gasteiger partial charge in [-0.2, -0.15) is 0 Å². The van der Waals surface area contributed by atoms with Crippen LogP contribution in [0.5, 0.6) is 0 Å². The number of hydrogen-bond acceptors (Lipinski definition) is 6. The number of carbonyl (C=O) groups excluding carboxylic acids is 1. The lowest BCUT2D eigenvalue weighted by Crippen LogP contribution is -2.01. The van der Waals surface area contributed by atoms with E-state index in [2.05, 4.69) is 15.3 Å². The number of ether oxygens (including phenoxy) is 1. The maximum atomic E-state index is 11.2. The van der Waals surface area contributed by atoms with Crippen molar-refractivity contribution in [3.8, 4) is 0 Å². The maximum absolute atomic E-state index is 11.2. The van der Waals surface area contributed by atoms with Gasteiger partial charge in [-0.25, -0.2) is 14.8 Å². The zero-order valence-electron chi connectivity index (χ0n) is 10.1. The molecule has 6 heteroatoms. The van der Waals surface area contributed by atoms with Crippen LogP contribution in [0.2, 0.25) is 0 Å². The van der Waals surface area contributed by atoms with Crippen LogP contribution in [0.25, 0.3) is 6.08 Å². The number of rotatable bonds is 5. The number of aromatic nitrogens is 2. The standard InChI is InChI=1S/C11H15N3O2S/c1-4-16-9(15)6-5-8-7-13-11(17-3)14-10(8)12-2/h5-7H,4H2,1-3H3,(H,12,13,14). The van der Waals surface area contributed by atoms with Gasteiger partial charge in [0.15, 0.2) is 5.16 Å². The van der Waals surface area contributed by atoms with Crippen LogP contribution in [0.1, 0.15) is 12.5 Å². The van der Waals surface area contributed by atoms with Crippen LogP contribution in [0, 0.1) is 0 Å². The molecule has 0 saturated heterocycles. The molecule has 0 unspecified atom stereocenters. The van der Waals surface area contributed by atoms with Crippen molar-refractivity contribution in [3.05, 3.63) is 17.8 Å². The van der Waals surface area contributed by atoms with Crippen molar-refractivity contribution in [2.24, 2.45) is 0 Å². The molecular weight excluding hydrogens is 238 g/mol. The minimum absolute atomic E-state index is 0.365. The van der Waals surface area contributed by atoms with Gasteiger partial charge in [-0.05, 0) is 19.3 Å². The zero-order valence-corrected chi connectivity index (χ0v) is 10.9. The third kappa shape index (κ3) is 4.07. The van der Waals surface area contributed by atoms with E-state index in [9.17, 15) is 4.79 Å². The summed E-state index contributed by atoms with van der Waals surface area (Å²) in [7, 11) is 1.77. The van der Waals surface area contributed by atoms with Gasteiger partial charge in [0.05, 0.1) is 6.61 Å². The van der Waals surface area contributed by atoms with E-state index < -0.39 is 0 Å². The summed E-state index contributed by atoms with van der Waals surface area (Å²) in [6, 6.07) is 0. The number of carbonyl (C=O) groups is 1. The Morgan fingerprint density at radius 3 is 3.00 bits per heavy atom. The lowest BCUT2D eigenvalue weighted by atomic mass is 10.3. The first kappa shape index (κ1) is 13.5. The number of nitrogens with zero attached hydrogens (tertiary/aromatic N) is 2. The smallest absolute Gasteiger partial charge is 0.330 e. The normalized spacial score (nSPS) is 10.5. The Balaban J connectivity index is 2.87. The molecule has 0 bridgehead atoms. The largest absolute Gasteiger partial charge is 0.463 e. The summed E-state index contributed by atoms with van der Waals surface area (Å²) >= 11 is 1.46. The maximum Gasteiger partial charge on any atom is 0.330 e. The van der Waals surface area contributed by atoms with E-state index in [4.69, 9.17) is 4.74 Å². The van der Waals surface area contributed by atoms with Crippen molar-refractivity contribution < 1.29 is 9.53 Å². The molecule has 0 aliphatic rings. The predicted octanol–water partition coefficient (Wildman–Crippen LogP) is 1.82. The summed E-state index contributed by atoms with van der Waals surface area (Å²) in [5.74, 6) is 0.313. The molecule has 1 rings (SSSR count). The quantitative estimate of drug-likeness (QED) is 0.374. The predicted molar refractivity (Wildman–Crippen MR) is 69.0 cm³/mol. The van der Waals surface area contributed by atoms with Gasteiger partial charge < -0.3 is 10.1 Å². The SMILES string of the molecule is CCOC(=O)C=Cc1cnc(SC)nc1NC. The van der Waals surface area contributed by atoms with E-state index in [1.807, 2.05) is 6.26 Å². The average molecular weight is 253 g/mol. The highest BCUT2D eigenvalue weighted by molar-refractivity contribution is 7.98. The van der Waals surface area contributed by atoms with Crippen molar-refractivity contribution in [1.82, 2.24) is 9.97 Å². The lowest BCUT2D eigenvalue weighted by molar-refractivity contribution is -0.137. The van der Waals surface area contributed by atoms with Gasteiger partial charge in [0, 0.05) is 24.9 Å². The molecule has 0 amide bonds. The first-order valence-electron chi connectivity index (χ1n) is 5.14. The Labute approximate surface area is 105 Å². The molecular formula is C11H15N3O2S. The van der Waals surface area contributed by atoms with Crippen molar-refractivity contribution >= 4 is 29.6 Å². The Kier molecular flexibility index (Phi) is 5.48. The molecule has 17 heavy (non-hydrogen) atoms. The number of anilines is 1. The van der Waals surface area contributed by atoms with Gasteiger partial charge in [0.25, 0.3) is 0 Å². The second kappa shape index (κ2) is 6.90. The number of hydrogen-bond donors (Lipinski definition) is 1. The molecule has 5 nitrogen and oxygen atoms in total. The molecule has 0 aliphatic heterocycles. The number of esters is 1. The van der Waals surface area contributed by atoms with Crippen molar-refractivity contribution in [3.63, 3.8) is 0 Å². The Morgan fingerprint density at radius 2 is 2.41 bits per heavy atom. The van der Waals surface area contributed by atoms with Gasteiger partial charge in [-0.1, -0.05) is 11.8 Å². The highest BCUT2D eigenvalue weighted by Crippen LogP contribution is 2.17. The molecule has 1 heterocycles. The molecule has 0 aliphatic carbocycles. The van der Waals surface area contributed by atoms with Crippen LogP contribution >= 0.6 is 11.8 Å². The van der Waals surface area contributed by atoms with Gasteiger partial charge >= 0.3 is 5.97 Å². The fraction of sp³-hybridized carbons (Fsp3) is 0.364. The molecule has 92 valence electrons. The fourth-order valence-electron chi connectivity index (χ4n) is 1.14. The van der Waals surface area contributed by atoms with Crippen LogP contribution in [0.3, 0.4) is 0 Å². The van der Waals surface area contributed by atoms with Gasteiger partial charge in [0.2, 0.25) is 0 Å².